The van der Waals surface area contributed by atoms with Gasteiger partial charge in [0.1, 0.15) is 30.7 Å². The SMILES string of the molecule is CC(C)CCCCCCCCCCCCCCCCCCC(=O)O[C@H](COC(=O)CCCCCCCCCCCCCCC(C)C)COP(=O)(O)OP(=O)(O)OC[C@H]1O[C@@H](n2ccc(N)nc2=O)C(O)[C@H]1O. The first-order chi connectivity index (χ1) is 34.4. The number of nitrogen functional groups attached to an aromatic ring is 1. The van der Waals surface area contributed by atoms with Crippen LogP contribution in [-0.2, 0) is 46.3 Å². The molecule has 6 N–H and O–H groups in total. The monoisotopic (exact) mass is 1070 g/mol. The number of ether oxygens (including phenoxy) is 3. The van der Waals surface area contributed by atoms with E-state index in [1.807, 2.05) is 0 Å². The number of unbranched alkanes of at least 4 members (excludes halogenated alkanes) is 26. The van der Waals surface area contributed by atoms with Gasteiger partial charge in [0, 0.05) is 19.0 Å². The number of hydrogen-bond acceptors (Lipinski definition) is 15. The van der Waals surface area contributed by atoms with E-state index in [0.29, 0.717) is 12.8 Å². The molecule has 420 valence electrons. The molecule has 1 fully saturated rings. The molecule has 20 heteroatoms. The summed E-state index contributed by atoms with van der Waals surface area (Å²) in [6.45, 7) is 6.85. The van der Waals surface area contributed by atoms with E-state index in [0.717, 1.165) is 67.8 Å². The summed E-state index contributed by atoms with van der Waals surface area (Å²) < 4.78 is 57.0. The molecule has 1 aliphatic rings. The fourth-order valence-electron chi connectivity index (χ4n) is 8.74. The van der Waals surface area contributed by atoms with Crippen molar-refractivity contribution in [2.24, 2.45) is 11.8 Å². The fourth-order valence-corrected chi connectivity index (χ4v) is 10.9. The van der Waals surface area contributed by atoms with Crippen molar-refractivity contribution in [2.75, 3.05) is 25.6 Å². The number of carbonyl (C=O) groups is 2. The van der Waals surface area contributed by atoms with Crippen LogP contribution in [0.4, 0.5) is 5.82 Å². The number of rotatable bonds is 46. The molecule has 0 amide bonds. The molecule has 0 aliphatic carbocycles. The zero-order chi connectivity index (χ0) is 53.0. The van der Waals surface area contributed by atoms with Gasteiger partial charge >= 0.3 is 33.3 Å². The zero-order valence-electron chi connectivity index (χ0n) is 44.6. The highest BCUT2D eigenvalue weighted by atomic mass is 31.3. The third kappa shape index (κ3) is 32.9. The van der Waals surface area contributed by atoms with Crippen LogP contribution in [0.3, 0.4) is 0 Å². The van der Waals surface area contributed by atoms with E-state index >= 15 is 0 Å². The molecule has 2 rings (SSSR count). The van der Waals surface area contributed by atoms with Crippen molar-refractivity contribution in [3.8, 4) is 0 Å². The summed E-state index contributed by atoms with van der Waals surface area (Å²) >= 11 is 0. The molecule has 3 unspecified atom stereocenters. The van der Waals surface area contributed by atoms with Gasteiger partial charge in [-0.2, -0.15) is 9.29 Å². The second kappa shape index (κ2) is 39.2. The highest BCUT2D eigenvalue weighted by Crippen LogP contribution is 2.60. The third-order valence-corrected chi connectivity index (χ3v) is 15.6. The number of hydrogen-bond donors (Lipinski definition) is 5. The molecule has 1 saturated heterocycles. The number of nitrogens with zero attached hydrogens (tertiary/aromatic N) is 2. The molecular weight excluding hydrogens is 969 g/mol. The standard InChI is InChI=1S/C52H97N3O15P2/c1-42(2)33-29-25-21-17-13-9-7-5-6-8-10-16-20-24-28-32-36-48(57)68-44(39-65-47(56)35-31-27-23-19-15-12-11-14-18-22-26-30-34-43(3)4)40-66-71(61,62)70-72(63,64)67-41-45-49(58)50(59)51(69-45)55-38-37-46(53)54-52(55)60/h37-38,42-45,49-51,58-59H,5-36,39-41H2,1-4H3,(H,61,62)(H,63,64)(H2,53,54,60)/t44-,45-,49+,50?,51-/m1/s1. The van der Waals surface area contributed by atoms with Gasteiger partial charge in [-0.05, 0) is 30.7 Å². The quantitative estimate of drug-likeness (QED) is 0.0231. The summed E-state index contributed by atoms with van der Waals surface area (Å²) in [5, 5.41) is 20.9. The van der Waals surface area contributed by atoms with Crippen molar-refractivity contribution in [3.63, 3.8) is 0 Å². The van der Waals surface area contributed by atoms with E-state index in [4.69, 9.17) is 29.0 Å². The van der Waals surface area contributed by atoms with Crippen LogP contribution < -0.4 is 11.4 Å². The highest BCUT2D eigenvalue weighted by molar-refractivity contribution is 7.61. The van der Waals surface area contributed by atoms with Gasteiger partial charge in [0.15, 0.2) is 12.3 Å². The number of phosphoric ester groups is 2. The van der Waals surface area contributed by atoms with Crippen LogP contribution in [0.2, 0.25) is 0 Å². The summed E-state index contributed by atoms with van der Waals surface area (Å²) in [6.07, 6.45) is 29.0. The lowest BCUT2D eigenvalue weighted by Gasteiger charge is -2.21. The minimum absolute atomic E-state index is 0.0575. The minimum Gasteiger partial charge on any atom is -0.462 e. The Morgan fingerprint density at radius 2 is 1.03 bits per heavy atom. The van der Waals surface area contributed by atoms with Crippen molar-refractivity contribution >= 4 is 33.4 Å². The Balaban J connectivity index is 1.75. The average molecular weight is 1070 g/mol. The van der Waals surface area contributed by atoms with Crippen LogP contribution in [0.1, 0.15) is 239 Å². The Bertz CT molecular complexity index is 1740. The van der Waals surface area contributed by atoms with Gasteiger partial charge in [0.2, 0.25) is 0 Å². The van der Waals surface area contributed by atoms with E-state index in [9.17, 15) is 43.5 Å². The van der Waals surface area contributed by atoms with Crippen molar-refractivity contribution in [1.29, 1.82) is 0 Å². The molecule has 72 heavy (non-hydrogen) atoms. The molecule has 0 aromatic carbocycles. The molecule has 1 aliphatic heterocycles. The predicted molar refractivity (Wildman–Crippen MR) is 280 cm³/mol. The largest absolute Gasteiger partial charge is 0.481 e. The van der Waals surface area contributed by atoms with Crippen molar-refractivity contribution < 1.29 is 66.3 Å². The summed E-state index contributed by atoms with van der Waals surface area (Å²) in [6, 6.07) is 1.25. The topological polar surface area (TPSA) is 265 Å². The van der Waals surface area contributed by atoms with E-state index in [-0.39, 0.29) is 18.7 Å². The number of aliphatic hydroxyl groups is 2. The number of aliphatic hydroxyl groups excluding tert-OH is 2. The van der Waals surface area contributed by atoms with Crippen LogP contribution in [0, 0.1) is 11.8 Å². The smallest absolute Gasteiger partial charge is 0.462 e. The first-order valence-corrected chi connectivity index (χ1v) is 30.8. The molecule has 0 saturated carbocycles. The van der Waals surface area contributed by atoms with E-state index in [2.05, 4.69) is 37.0 Å². The molecule has 0 radical (unpaired) electrons. The van der Waals surface area contributed by atoms with Crippen LogP contribution in [0.25, 0.3) is 0 Å². The second-order valence-corrected chi connectivity index (χ2v) is 23.8. The van der Waals surface area contributed by atoms with E-state index < -0.39 is 83.7 Å². The molecular formula is C52H97N3O15P2. The summed E-state index contributed by atoms with van der Waals surface area (Å²) in [7, 11) is -10.8. The van der Waals surface area contributed by atoms with Gasteiger partial charge in [0.25, 0.3) is 0 Å². The first-order valence-electron chi connectivity index (χ1n) is 27.8. The van der Waals surface area contributed by atoms with Gasteiger partial charge in [-0.15, -0.1) is 0 Å². The number of carbonyl (C=O) groups excluding carboxylic acids is 2. The minimum atomic E-state index is -5.42. The molecule has 0 bridgehead atoms. The van der Waals surface area contributed by atoms with Crippen LogP contribution in [0.5, 0.6) is 0 Å². The third-order valence-electron chi connectivity index (χ3n) is 13.0. The van der Waals surface area contributed by atoms with E-state index in [1.165, 1.54) is 141 Å². The molecule has 1 aromatic rings. The summed E-state index contributed by atoms with van der Waals surface area (Å²) in [4.78, 5) is 62.1. The van der Waals surface area contributed by atoms with Gasteiger partial charge < -0.3 is 39.9 Å². The Hall–Kier alpha value is -2.24. The summed E-state index contributed by atoms with van der Waals surface area (Å²) in [5.74, 6) is 0.314. The normalized spacial score (nSPS) is 19.1. The molecule has 1 aromatic heterocycles. The Morgan fingerprint density at radius 1 is 0.625 bits per heavy atom. The van der Waals surface area contributed by atoms with Crippen LogP contribution in [-0.4, -0.2) is 85.7 Å². The van der Waals surface area contributed by atoms with Crippen molar-refractivity contribution in [2.45, 2.75) is 264 Å². The second-order valence-electron chi connectivity index (χ2n) is 20.8. The maximum absolute atomic E-state index is 12.9. The lowest BCUT2D eigenvalue weighted by Crippen LogP contribution is -2.36. The summed E-state index contributed by atoms with van der Waals surface area (Å²) in [5.41, 5.74) is 4.60. The van der Waals surface area contributed by atoms with Crippen LogP contribution in [0.15, 0.2) is 17.1 Å². The Kier molecular flexibility index (Phi) is 35.8. The fraction of sp³-hybridized carbons (Fsp3) is 0.885. The van der Waals surface area contributed by atoms with Gasteiger partial charge in [-0.1, -0.05) is 207 Å². The first kappa shape index (κ1) is 65.9. The maximum Gasteiger partial charge on any atom is 0.481 e. The van der Waals surface area contributed by atoms with Crippen molar-refractivity contribution in [3.05, 3.63) is 22.7 Å². The average Bonchev–Trinajstić information content (AvgIpc) is 3.59. The van der Waals surface area contributed by atoms with Crippen LogP contribution >= 0.6 is 15.6 Å². The maximum atomic E-state index is 12.9. The predicted octanol–water partition coefficient (Wildman–Crippen LogP) is 11.9. The van der Waals surface area contributed by atoms with Gasteiger partial charge in [-0.25, -0.2) is 13.9 Å². The molecule has 2 heterocycles. The number of phosphoric acid groups is 2. The number of aromatic nitrogens is 2. The van der Waals surface area contributed by atoms with Gasteiger partial charge in [-0.3, -0.25) is 23.2 Å². The van der Waals surface area contributed by atoms with Crippen molar-refractivity contribution in [1.82, 2.24) is 9.55 Å². The van der Waals surface area contributed by atoms with E-state index in [1.54, 1.807) is 0 Å². The lowest BCUT2D eigenvalue weighted by molar-refractivity contribution is -0.161. The highest BCUT2D eigenvalue weighted by Gasteiger charge is 2.46. The zero-order valence-corrected chi connectivity index (χ0v) is 46.4. The lowest BCUT2D eigenvalue weighted by atomic mass is 10.0. The molecule has 7 atom stereocenters. The van der Waals surface area contributed by atoms with Gasteiger partial charge in [0.05, 0.1) is 13.2 Å². The number of anilines is 1. The Morgan fingerprint density at radius 3 is 1.46 bits per heavy atom. The Labute approximate surface area is 431 Å². The number of esters is 2. The molecule has 0 spiro atoms. The number of nitrogens with two attached hydrogens (primary N) is 1. The molecule has 18 nitrogen and oxygen atoms in total.